The molecule has 1 aliphatic rings. The average molecular weight is 528 g/mol. The van der Waals surface area contributed by atoms with Crippen LogP contribution in [0.3, 0.4) is 0 Å². The van der Waals surface area contributed by atoms with Gasteiger partial charge in [-0.15, -0.1) is 0 Å². The van der Waals surface area contributed by atoms with Gasteiger partial charge in [-0.1, -0.05) is 66.7 Å². The highest BCUT2D eigenvalue weighted by molar-refractivity contribution is 6.10. The number of allylic oxidation sites excluding steroid dienone is 2. The van der Waals surface area contributed by atoms with Crippen LogP contribution < -0.4 is 0 Å². The summed E-state index contributed by atoms with van der Waals surface area (Å²) in [6.07, 6.45) is 8.29. The van der Waals surface area contributed by atoms with E-state index in [-0.39, 0.29) is 6.17 Å². The molecule has 1 aliphatic heterocycles. The highest BCUT2D eigenvalue weighted by Crippen LogP contribution is 2.41. The molecule has 0 N–H and O–H groups in total. The summed E-state index contributed by atoms with van der Waals surface area (Å²) in [7, 11) is 2.17. The Morgan fingerprint density at radius 2 is 1.27 bits per heavy atom. The van der Waals surface area contributed by atoms with E-state index in [4.69, 9.17) is 0 Å². The van der Waals surface area contributed by atoms with Crippen molar-refractivity contribution in [1.29, 1.82) is 5.26 Å². The predicted molar refractivity (Wildman–Crippen MR) is 167 cm³/mol. The lowest BCUT2D eigenvalue weighted by Gasteiger charge is -2.36. The molecular formula is C36H25N5. The van der Waals surface area contributed by atoms with Crippen molar-refractivity contribution in [3.8, 4) is 6.07 Å². The Morgan fingerprint density at radius 3 is 1.93 bits per heavy atom. The van der Waals surface area contributed by atoms with Crippen LogP contribution in [0.5, 0.6) is 0 Å². The normalized spacial score (nSPS) is 15.4. The Kier molecular flexibility index (Phi) is 5.10. The maximum atomic E-state index is 9.41. The van der Waals surface area contributed by atoms with Crippen LogP contribution in [-0.4, -0.2) is 26.1 Å². The van der Waals surface area contributed by atoms with Gasteiger partial charge in [0.25, 0.3) is 0 Å². The first-order valence-electron chi connectivity index (χ1n) is 13.7. The Bertz CT molecular complexity index is 2130. The quantitative estimate of drug-likeness (QED) is 0.233. The molecule has 4 heterocycles. The lowest BCUT2D eigenvalue weighted by molar-refractivity contribution is 0.320. The fourth-order valence-corrected chi connectivity index (χ4v) is 6.39. The summed E-state index contributed by atoms with van der Waals surface area (Å²) in [6, 6.07) is 38.0. The standard InChI is InChI=1S/C36H25N5/c1-39-35(40-31-11-5-2-8-27(31)28-9-3-6-12-32(28)40)20-26(25-16-14-24(22-37)15-17-25)21-36(39)41-33-13-7-4-10-29(33)30-18-19-38-23-34(30)41/h2-21,23,35H,1H3. The van der Waals surface area contributed by atoms with Crippen molar-refractivity contribution in [1.82, 2.24) is 19.0 Å². The zero-order chi connectivity index (χ0) is 27.5. The van der Waals surface area contributed by atoms with E-state index in [1.165, 1.54) is 32.6 Å². The molecular weight excluding hydrogens is 502 g/mol. The Hall–Kier alpha value is -5.60. The van der Waals surface area contributed by atoms with E-state index >= 15 is 0 Å². The first-order chi connectivity index (χ1) is 20.2. The van der Waals surface area contributed by atoms with Gasteiger partial charge in [-0.25, -0.2) is 0 Å². The maximum absolute atomic E-state index is 9.41. The minimum Gasteiger partial charge on any atom is -0.337 e. The molecule has 41 heavy (non-hydrogen) atoms. The van der Waals surface area contributed by atoms with Crippen molar-refractivity contribution < 1.29 is 0 Å². The predicted octanol–water partition coefficient (Wildman–Crippen LogP) is 8.20. The van der Waals surface area contributed by atoms with Crippen LogP contribution in [0.15, 0.2) is 128 Å². The molecule has 0 fully saturated rings. The average Bonchev–Trinajstić information content (AvgIpc) is 3.55. The van der Waals surface area contributed by atoms with E-state index in [1.54, 1.807) is 0 Å². The van der Waals surface area contributed by atoms with Gasteiger partial charge in [-0.05, 0) is 59.7 Å². The van der Waals surface area contributed by atoms with Crippen molar-refractivity contribution in [2.75, 3.05) is 7.05 Å². The molecule has 4 aromatic carbocycles. The van der Waals surface area contributed by atoms with Crippen LogP contribution in [0.25, 0.3) is 55.0 Å². The molecule has 0 bridgehead atoms. The monoisotopic (exact) mass is 527 g/mol. The summed E-state index contributed by atoms with van der Waals surface area (Å²) in [4.78, 5) is 6.87. The molecule has 8 rings (SSSR count). The fourth-order valence-electron chi connectivity index (χ4n) is 6.39. The lowest BCUT2D eigenvalue weighted by atomic mass is 10.00. The number of rotatable bonds is 3. The summed E-state index contributed by atoms with van der Waals surface area (Å²) >= 11 is 0. The largest absolute Gasteiger partial charge is 0.337 e. The second-order valence-electron chi connectivity index (χ2n) is 10.5. The molecule has 5 heteroatoms. The van der Waals surface area contributed by atoms with Crippen LogP contribution in [0.1, 0.15) is 17.3 Å². The fraction of sp³-hybridized carbons (Fsp3) is 0.0556. The molecule has 0 spiro atoms. The molecule has 5 nitrogen and oxygen atoms in total. The first-order valence-corrected chi connectivity index (χ1v) is 13.7. The van der Waals surface area contributed by atoms with Gasteiger partial charge in [-0.3, -0.25) is 9.55 Å². The molecule has 7 aromatic rings. The summed E-state index contributed by atoms with van der Waals surface area (Å²) in [5.74, 6) is 1.05. The number of nitrogens with zero attached hydrogens (tertiary/aromatic N) is 5. The molecule has 194 valence electrons. The van der Waals surface area contributed by atoms with E-state index in [0.29, 0.717) is 5.56 Å². The Morgan fingerprint density at radius 1 is 0.683 bits per heavy atom. The van der Waals surface area contributed by atoms with Crippen LogP contribution in [-0.2, 0) is 0 Å². The number of fused-ring (bicyclic) bond motifs is 6. The van der Waals surface area contributed by atoms with Gasteiger partial charge in [-0.2, -0.15) is 5.26 Å². The highest BCUT2D eigenvalue weighted by Gasteiger charge is 2.28. The van der Waals surface area contributed by atoms with Gasteiger partial charge in [0, 0.05) is 34.8 Å². The lowest BCUT2D eigenvalue weighted by Crippen LogP contribution is -2.31. The first kappa shape index (κ1) is 23.3. The number of para-hydroxylation sites is 3. The highest BCUT2D eigenvalue weighted by atomic mass is 15.4. The molecule has 3 aromatic heterocycles. The van der Waals surface area contributed by atoms with Gasteiger partial charge in [0.05, 0.1) is 39.9 Å². The molecule has 1 atom stereocenters. The second-order valence-corrected chi connectivity index (χ2v) is 10.5. The van der Waals surface area contributed by atoms with Crippen LogP contribution in [0.4, 0.5) is 0 Å². The molecule has 0 saturated carbocycles. The minimum absolute atomic E-state index is 0.113. The van der Waals surface area contributed by atoms with Crippen molar-refractivity contribution in [2.45, 2.75) is 6.17 Å². The summed E-state index contributed by atoms with van der Waals surface area (Å²) in [5, 5.41) is 14.3. The van der Waals surface area contributed by atoms with E-state index < -0.39 is 0 Å². The van der Waals surface area contributed by atoms with Crippen LogP contribution in [0.2, 0.25) is 0 Å². The van der Waals surface area contributed by atoms with E-state index in [0.717, 1.165) is 28.0 Å². The van der Waals surface area contributed by atoms with E-state index in [2.05, 4.69) is 123 Å². The van der Waals surface area contributed by atoms with Crippen molar-refractivity contribution >= 4 is 55.0 Å². The zero-order valence-corrected chi connectivity index (χ0v) is 22.4. The van der Waals surface area contributed by atoms with Gasteiger partial charge in [0.2, 0.25) is 0 Å². The smallest absolute Gasteiger partial charge is 0.127 e. The minimum atomic E-state index is -0.113. The number of benzene rings is 4. The van der Waals surface area contributed by atoms with E-state index in [1.807, 2.05) is 36.7 Å². The van der Waals surface area contributed by atoms with Crippen molar-refractivity contribution in [3.05, 3.63) is 139 Å². The van der Waals surface area contributed by atoms with Crippen LogP contribution in [0, 0.1) is 11.3 Å². The third-order valence-electron chi connectivity index (χ3n) is 8.31. The Balaban J connectivity index is 1.43. The number of pyridine rings is 1. The molecule has 0 amide bonds. The SMILES string of the molecule is CN1C(n2c3ccccc3c3ccncc32)=CC(c2ccc(C#N)cc2)=CC1n1c2ccccc2c2ccccc21. The molecule has 0 saturated heterocycles. The van der Waals surface area contributed by atoms with Crippen molar-refractivity contribution in [3.63, 3.8) is 0 Å². The van der Waals surface area contributed by atoms with Gasteiger partial charge < -0.3 is 9.47 Å². The number of likely N-dealkylation sites (N-methyl/N-ethyl adjacent to an activating group) is 1. The third-order valence-corrected chi connectivity index (χ3v) is 8.31. The third kappa shape index (κ3) is 3.44. The number of hydrogen-bond acceptors (Lipinski definition) is 3. The van der Waals surface area contributed by atoms with Gasteiger partial charge >= 0.3 is 0 Å². The van der Waals surface area contributed by atoms with Gasteiger partial charge in [0.1, 0.15) is 12.0 Å². The topological polar surface area (TPSA) is 49.8 Å². The Labute approximate surface area is 237 Å². The number of aromatic nitrogens is 3. The summed E-state index contributed by atoms with van der Waals surface area (Å²) in [5.41, 5.74) is 7.39. The second kappa shape index (κ2) is 8.97. The van der Waals surface area contributed by atoms with Crippen molar-refractivity contribution in [2.24, 2.45) is 0 Å². The van der Waals surface area contributed by atoms with Gasteiger partial charge in [0.15, 0.2) is 0 Å². The molecule has 1 unspecified atom stereocenters. The molecule has 0 aliphatic carbocycles. The molecule has 0 radical (unpaired) electrons. The summed E-state index contributed by atoms with van der Waals surface area (Å²) in [6.45, 7) is 0. The van der Waals surface area contributed by atoms with Crippen LogP contribution >= 0.6 is 0 Å². The zero-order valence-electron chi connectivity index (χ0n) is 22.4. The van der Waals surface area contributed by atoms with E-state index in [9.17, 15) is 5.26 Å². The number of nitriles is 1. The summed E-state index contributed by atoms with van der Waals surface area (Å²) < 4.78 is 4.77. The maximum Gasteiger partial charge on any atom is 0.127 e. The number of hydrogen-bond donors (Lipinski definition) is 0.